The zero-order valence-electron chi connectivity index (χ0n) is 24.2. The van der Waals surface area contributed by atoms with E-state index in [0.29, 0.717) is 62.7 Å². The molecule has 0 bridgehead atoms. The van der Waals surface area contributed by atoms with Crippen LogP contribution >= 0.6 is 11.3 Å². The van der Waals surface area contributed by atoms with Crippen molar-refractivity contribution in [3.05, 3.63) is 75.2 Å². The highest BCUT2D eigenvalue weighted by molar-refractivity contribution is 7.17. The molecule has 2 fully saturated rings. The van der Waals surface area contributed by atoms with Crippen LogP contribution in [0.25, 0.3) is 21.9 Å². The molecule has 0 aliphatic carbocycles. The average Bonchev–Trinajstić information content (AvgIpc) is 3.84. The van der Waals surface area contributed by atoms with E-state index >= 15 is 0 Å². The Labute approximate surface area is 256 Å². The summed E-state index contributed by atoms with van der Waals surface area (Å²) >= 11 is 1.25. The number of hydrogen-bond acceptors (Lipinski definition) is 8. The van der Waals surface area contributed by atoms with Crippen LogP contribution < -0.4 is 5.32 Å². The fourth-order valence-corrected chi connectivity index (χ4v) is 7.47. The molecule has 2 atom stereocenters. The number of carbonyl (C=O) groups is 2. The number of thiophene rings is 1. The maximum Gasteiger partial charge on any atom is 0.261 e. The first kappa shape index (κ1) is 28.7. The molecule has 2 saturated heterocycles. The van der Waals surface area contributed by atoms with Gasteiger partial charge in [0.25, 0.3) is 11.8 Å². The van der Waals surface area contributed by atoms with Gasteiger partial charge in [0.15, 0.2) is 11.6 Å². The van der Waals surface area contributed by atoms with Crippen LogP contribution in [-0.2, 0) is 17.7 Å². The van der Waals surface area contributed by atoms with E-state index in [4.69, 9.17) is 14.1 Å². The lowest BCUT2D eigenvalue weighted by Gasteiger charge is -2.22. The Morgan fingerprint density at radius 1 is 1.09 bits per heavy atom. The van der Waals surface area contributed by atoms with Crippen molar-refractivity contribution in [3.63, 3.8) is 0 Å². The number of hydrogen-bond donors (Lipinski definition) is 1. The average molecular weight is 620 g/mol. The molecule has 3 aliphatic rings. The van der Waals surface area contributed by atoms with Gasteiger partial charge in [0.05, 0.1) is 33.4 Å². The van der Waals surface area contributed by atoms with E-state index in [1.165, 1.54) is 17.4 Å². The third-order valence-corrected chi connectivity index (χ3v) is 9.74. The summed E-state index contributed by atoms with van der Waals surface area (Å²) in [6, 6.07) is 6.98. The third-order valence-electron chi connectivity index (χ3n) is 8.64. The summed E-state index contributed by atoms with van der Waals surface area (Å²) in [5.74, 6) is -1.25. The van der Waals surface area contributed by atoms with Gasteiger partial charge in [-0.25, -0.2) is 8.78 Å². The Kier molecular flexibility index (Phi) is 7.71. The maximum absolute atomic E-state index is 13.9. The Hall–Kier alpha value is -4.03. The highest BCUT2D eigenvalue weighted by Gasteiger charge is 2.45. The van der Waals surface area contributed by atoms with Crippen LogP contribution in [0.1, 0.15) is 81.0 Å². The van der Waals surface area contributed by atoms with E-state index in [9.17, 15) is 18.4 Å². The van der Waals surface area contributed by atoms with Gasteiger partial charge in [-0.3, -0.25) is 14.6 Å². The molecule has 2 amide bonds. The lowest BCUT2D eigenvalue weighted by molar-refractivity contribution is 0.0517. The molecule has 3 aliphatic heterocycles. The number of nitrogens with one attached hydrogen (secondary N) is 1. The monoisotopic (exact) mass is 619 g/mol. The largest absolute Gasteiger partial charge is 0.421 e. The summed E-state index contributed by atoms with van der Waals surface area (Å²) in [4.78, 5) is 35.2. The number of aromatic nitrogens is 3. The van der Waals surface area contributed by atoms with E-state index in [0.717, 1.165) is 68.8 Å². The molecule has 228 valence electrons. The van der Waals surface area contributed by atoms with Gasteiger partial charge in [0.1, 0.15) is 0 Å². The Balaban J connectivity index is 1.29. The topological polar surface area (TPSA) is 110 Å². The predicted molar refractivity (Wildman–Crippen MR) is 158 cm³/mol. The molecule has 0 radical (unpaired) electrons. The molecule has 0 saturated carbocycles. The molecule has 0 spiro atoms. The Morgan fingerprint density at radius 3 is 2.75 bits per heavy atom. The van der Waals surface area contributed by atoms with E-state index < -0.39 is 11.6 Å². The van der Waals surface area contributed by atoms with Crippen molar-refractivity contribution >= 4 is 23.2 Å². The molecule has 1 N–H and O–H groups in total. The van der Waals surface area contributed by atoms with Crippen molar-refractivity contribution in [3.8, 4) is 21.9 Å². The first-order valence-electron chi connectivity index (χ1n) is 15.0. The fraction of sp³-hybridized carbons (Fsp3) is 0.406. The summed E-state index contributed by atoms with van der Waals surface area (Å²) in [7, 11) is 0. The van der Waals surface area contributed by atoms with Crippen molar-refractivity contribution < 1.29 is 27.5 Å². The molecular formula is C32H31F2N5O4S. The lowest BCUT2D eigenvalue weighted by atomic mass is 9.91. The van der Waals surface area contributed by atoms with Gasteiger partial charge in [-0.1, -0.05) is 6.07 Å². The van der Waals surface area contributed by atoms with Gasteiger partial charge >= 0.3 is 0 Å². The van der Waals surface area contributed by atoms with Crippen LogP contribution in [0.4, 0.5) is 8.78 Å². The molecule has 7 rings (SSSR count). The number of amides is 2. The molecule has 1 unspecified atom stereocenters. The summed E-state index contributed by atoms with van der Waals surface area (Å²) < 4.78 is 38.7. The number of aryl methyl sites for hydroxylation is 2. The smallest absolute Gasteiger partial charge is 0.261 e. The molecule has 44 heavy (non-hydrogen) atoms. The van der Waals surface area contributed by atoms with Crippen molar-refractivity contribution in [1.82, 2.24) is 25.4 Å². The second kappa shape index (κ2) is 11.8. The van der Waals surface area contributed by atoms with Crippen molar-refractivity contribution in [2.75, 3.05) is 19.8 Å². The zero-order chi connectivity index (χ0) is 30.4. The number of ether oxygens (including phenoxy) is 1. The number of rotatable bonds is 8. The van der Waals surface area contributed by atoms with E-state index in [1.54, 1.807) is 13.0 Å². The van der Waals surface area contributed by atoms with Crippen LogP contribution in [0.2, 0.25) is 0 Å². The highest BCUT2D eigenvalue weighted by Crippen LogP contribution is 2.49. The Bertz CT molecular complexity index is 1750. The van der Waals surface area contributed by atoms with Gasteiger partial charge in [-0.05, 0) is 74.3 Å². The number of halogens is 2. The van der Waals surface area contributed by atoms with Crippen molar-refractivity contribution in [2.24, 2.45) is 5.92 Å². The zero-order valence-corrected chi connectivity index (χ0v) is 25.0. The second-order valence-corrected chi connectivity index (χ2v) is 12.7. The molecule has 6 heterocycles. The summed E-state index contributed by atoms with van der Waals surface area (Å²) in [6.45, 7) is 3.93. The molecule has 12 heteroatoms. The fourth-order valence-electron chi connectivity index (χ4n) is 6.49. The van der Waals surface area contributed by atoms with Gasteiger partial charge in [-0.15, -0.1) is 21.5 Å². The quantitative estimate of drug-likeness (QED) is 0.257. The van der Waals surface area contributed by atoms with Crippen molar-refractivity contribution in [2.45, 2.75) is 58.0 Å². The van der Waals surface area contributed by atoms with E-state index in [2.05, 4.69) is 15.5 Å². The van der Waals surface area contributed by atoms with Crippen LogP contribution in [0.5, 0.6) is 0 Å². The normalized spacial score (nSPS) is 19.3. The van der Waals surface area contributed by atoms with E-state index in [1.807, 2.05) is 11.0 Å². The predicted octanol–water partition coefficient (Wildman–Crippen LogP) is 6.03. The maximum atomic E-state index is 13.9. The number of fused-ring (bicyclic) bond motifs is 3. The summed E-state index contributed by atoms with van der Waals surface area (Å²) in [5, 5.41) is 11.2. The minimum Gasteiger partial charge on any atom is -0.421 e. The Morgan fingerprint density at radius 2 is 1.98 bits per heavy atom. The van der Waals surface area contributed by atoms with Crippen LogP contribution in [0.3, 0.4) is 0 Å². The van der Waals surface area contributed by atoms with Crippen molar-refractivity contribution in [1.29, 1.82) is 0 Å². The van der Waals surface area contributed by atoms with Crippen LogP contribution in [-0.4, -0.2) is 51.7 Å². The number of pyridine rings is 1. The molecular weight excluding hydrogens is 588 g/mol. The lowest BCUT2D eigenvalue weighted by Crippen LogP contribution is -2.23. The number of nitrogens with zero attached hydrogens (tertiary/aromatic N) is 4. The number of benzene rings is 1. The molecule has 3 aromatic heterocycles. The first-order chi connectivity index (χ1) is 21.4. The van der Waals surface area contributed by atoms with Gasteiger partial charge in [0, 0.05) is 43.7 Å². The second-order valence-electron chi connectivity index (χ2n) is 11.6. The number of carbonyl (C=O) groups excluding carboxylic acids is 2. The van der Waals surface area contributed by atoms with Gasteiger partial charge < -0.3 is 19.4 Å². The minimum atomic E-state index is -0.970. The summed E-state index contributed by atoms with van der Waals surface area (Å²) in [5.41, 5.74) is 3.83. The minimum absolute atomic E-state index is 0.0323. The third kappa shape index (κ3) is 5.30. The molecule has 9 nitrogen and oxygen atoms in total. The first-order valence-corrected chi connectivity index (χ1v) is 15.8. The SMILES string of the molecule is Cc1nnc(-c2c(CCC3CCCOC3)nc3c(c2-c2ccc(C(=O)NCc4ccc(F)c(F)c4)s2)C(=O)N2CCC[C@@H]32)o1. The molecule has 4 aromatic rings. The van der Waals surface area contributed by atoms with Crippen LogP contribution in [0, 0.1) is 24.5 Å². The standard InChI is InChI=1S/C32H31F2N5O4S/c1-17-37-38-31(43-17)26-22(9-7-18-4-3-13-42-16-18)36-29-23-5-2-12-39(23)32(41)28(29)27(26)24-10-11-25(44-24)30(40)35-15-19-6-8-20(33)21(34)14-19/h6,8,10-11,14,18,23H,2-5,7,9,12-13,15-16H2,1H3,(H,35,40)/t18?,23-/m0/s1. The molecule has 1 aromatic carbocycles. The van der Waals surface area contributed by atoms with E-state index in [-0.39, 0.29) is 24.4 Å². The van der Waals surface area contributed by atoms with Gasteiger partial charge in [0.2, 0.25) is 11.8 Å². The summed E-state index contributed by atoms with van der Waals surface area (Å²) in [6.07, 6.45) is 5.42. The van der Waals surface area contributed by atoms with Gasteiger partial charge in [-0.2, -0.15) is 0 Å². The highest BCUT2D eigenvalue weighted by atomic mass is 32.1. The van der Waals surface area contributed by atoms with Crippen LogP contribution in [0.15, 0.2) is 34.7 Å².